The first kappa shape index (κ1) is 27.3. The van der Waals surface area contributed by atoms with E-state index in [0.717, 1.165) is 64.8 Å². The number of amides is 1. The second-order valence-corrected chi connectivity index (χ2v) is 12.6. The maximum absolute atomic E-state index is 13.7. The predicted molar refractivity (Wildman–Crippen MR) is 148 cm³/mol. The lowest BCUT2D eigenvalue weighted by Crippen LogP contribution is -2.62. The molecule has 0 aromatic heterocycles. The third kappa shape index (κ3) is 6.41. The zero-order valence-electron chi connectivity index (χ0n) is 23.3. The van der Waals surface area contributed by atoms with Gasteiger partial charge in [-0.2, -0.15) is 0 Å². The van der Waals surface area contributed by atoms with Gasteiger partial charge < -0.3 is 10.0 Å². The molecule has 0 radical (unpaired) electrons. The minimum absolute atomic E-state index is 0.0117. The summed E-state index contributed by atoms with van der Waals surface area (Å²) >= 11 is 0. The van der Waals surface area contributed by atoms with Crippen LogP contribution in [0, 0.1) is 17.3 Å². The molecule has 1 N–H and O–H groups in total. The van der Waals surface area contributed by atoms with Gasteiger partial charge in [-0.15, -0.1) is 0 Å². The second-order valence-electron chi connectivity index (χ2n) is 12.6. The first-order valence-electron chi connectivity index (χ1n) is 14.3. The van der Waals surface area contributed by atoms with Crippen molar-refractivity contribution in [1.82, 2.24) is 14.7 Å². The number of nitrogens with zero attached hydrogens (tertiary/aromatic N) is 3. The van der Waals surface area contributed by atoms with Crippen LogP contribution in [0.4, 0.5) is 0 Å². The van der Waals surface area contributed by atoms with Crippen molar-refractivity contribution in [3.8, 4) is 0 Å². The molecule has 4 aliphatic rings. The van der Waals surface area contributed by atoms with Gasteiger partial charge in [0.15, 0.2) is 0 Å². The van der Waals surface area contributed by atoms with Gasteiger partial charge in [-0.05, 0) is 67.4 Å². The molecule has 200 valence electrons. The number of carbonyl (C=O) groups excluding carboxylic acids is 1. The summed E-state index contributed by atoms with van der Waals surface area (Å²) in [5.74, 6) is 1.29. The van der Waals surface area contributed by atoms with E-state index in [1.54, 1.807) is 0 Å². The summed E-state index contributed by atoms with van der Waals surface area (Å²) in [6.07, 6.45) is 19.6. The number of hydrogen-bond donors (Lipinski definition) is 1. The summed E-state index contributed by atoms with van der Waals surface area (Å²) in [6.45, 7) is 15.5. The van der Waals surface area contributed by atoms with Crippen molar-refractivity contribution in [2.45, 2.75) is 91.5 Å². The van der Waals surface area contributed by atoms with E-state index in [0.29, 0.717) is 30.2 Å². The Morgan fingerprint density at radius 2 is 1.83 bits per heavy atom. The number of aliphatic hydroxyl groups excluding tert-OH is 1. The number of likely N-dealkylation sites (tertiary alicyclic amines) is 1. The number of carbonyl (C=O) groups is 1. The largest absolute Gasteiger partial charge is 0.379 e. The number of rotatable bonds is 6. The minimum atomic E-state index is -0.389. The maximum atomic E-state index is 13.7. The van der Waals surface area contributed by atoms with Gasteiger partial charge in [0.2, 0.25) is 5.91 Å². The van der Waals surface area contributed by atoms with E-state index < -0.39 is 0 Å². The summed E-state index contributed by atoms with van der Waals surface area (Å²) in [5.41, 5.74) is 2.97. The molecule has 2 aliphatic carbocycles. The van der Waals surface area contributed by atoms with Gasteiger partial charge in [0.1, 0.15) is 6.23 Å². The summed E-state index contributed by atoms with van der Waals surface area (Å²) in [5, 5.41) is 9.88. The molecule has 0 spiro atoms. The maximum Gasteiger partial charge on any atom is 0.223 e. The number of hydrogen-bond acceptors (Lipinski definition) is 4. The van der Waals surface area contributed by atoms with Gasteiger partial charge in [-0.1, -0.05) is 64.2 Å². The van der Waals surface area contributed by atoms with Crippen molar-refractivity contribution in [2.75, 3.05) is 32.7 Å². The van der Waals surface area contributed by atoms with Gasteiger partial charge in [0.25, 0.3) is 0 Å². The van der Waals surface area contributed by atoms with Crippen LogP contribution in [0.1, 0.15) is 73.1 Å². The Kier molecular flexibility index (Phi) is 8.96. The van der Waals surface area contributed by atoms with Crippen LogP contribution in [-0.2, 0) is 4.79 Å². The third-order valence-electron chi connectivity index (χ3n) is 8.88. The Bertz CT molecular complexity index is 886. The van der Waals surface area contributed by atoms with Crippen LogP contribution < -0.4 is 0 Å². The molecule has 1 amide bonds. The fourth-order valence-electron chi connectivity index (χ4n) is 6.55. The van der Waals surface area contributed by atoms with Crippen LogP contribution in [0.15, 0.2) is 47.6 Å². The van der Waals surface area contributed by atoms with Gasteiger partial charge in [-0.3, -0.25) is 14.6 Å². The molecular weight excluding hydrogens is 446 g/mol. The monoisotopic (exact) mass is 495 g/mol. The first-order valence-corrected chi connectivity index (χ1v) is 14.3. The molecule has 2 aliphatic heterocycles. The Balaban J connectivity index is 1.50. The van der Waals surface area contributed by atoms with E-state index in [9.17, 15) is 9.90 Å². The highest BCUT2D eigenvalue weighted by Crippen LogP contribution is 2.36. The predicted octanol–water partition coefficient (Wildman–Crippen LogP) is 5.15. The Labute approximate surface area is 219 Å². The highest BCUT2D eigenvalue weighted by Gasteiger charge is 2.41. The normalized spacial score (nSPS) is 28.6. The smallest absolute Gasteiger partial charge is 0.223 e. The molecule has 5 nitrogen and oxygen atoms in total. The fourth-order valence-corrected chi connectivity index (χ4v) is 6.55. The highest BCUT2D eigenvalue weighted by atomic mass is 16.3. The summed E-state index contributed by atoms with van der Waals surface area (Å²) in [6, 6.07) is 0.496. The van der Waals surface area contributed by atoms with Crippen molar-refractivity contribution in [3.63, 3.8) is 0 Å². The van der Waals surface area contributed by atoms with Crippen molar-refractivity contribution in [2.24, 2.45) is 17.3 Å². The van der Waals surface area contributed by atoms with E-state index >= 15 is 0 Å². The third-order valence-corrected chi connectivity index (χ3v) is 8.88. The van der Waals surface area contributed by atoms with Crippen molar-refractivity contribution in [3.05, 3.63) is 47.6 Å². The van der Waals surface area contributed by atoms with Gasteiger partial charge in [0.05, 0.1) is 6.04 Å². The van der Waals surface area contributed by atoms with Crippen LogP contribution in [-0.4, -0.2) is 76.7 Å². The van der Waals surface area contributed by atoms with E-state index in [1.165, 1.54) is 11.1 Å². The molecule has 0 saturated carbocycles. The van der Waals surface area contributed by atoms with E-state index in [2.05, 4.69) is 78.9 Å². The molecule has 0 aromatic rings. The molecule has 4 unspecified atom stereocenters. The van der Waals surface area contributed by atoms with Gasteiger partial charge >= 0.3 is 0 Å². The van der Waals surface area contributed by atoms with Gasteiger partial charge in [-0.25, -0.2) is 0 Å². The van der Waals surface area contributed by atoms with Crippen LogP contribution in [0.3, 0.4) is 0 Å². The lowest BCUT2D eigenvalue weighted by atomic mass is 9.79. The lowest BCUT2D eigenvalue weighted by molar-refractivity contribution is -0.141. The van der Waals surface area contributed by atoms with Crippen molar-refractivity contribution >= 4 is 5.91 Å². The molecule has 0 bridgehead atoms. The summed E-state index contributed by atoms with van der Waals surface area (Å²) in [7, 11) is 0. The molecule has 36 heavy (non-hydrogen) atoms. The SMILES string of the molecule is CC1CC=CC=C1C(C1=CCCC=C1)N1CCN(C(=O)CC2CCN(C(C)O)CC2)C(C(C)(C)C)C1. The topological polar surface area (TPSA) is 47.0 Å². The number of piperazine rings is 1. The molecule has 2 heterocycles. The Morgan fingerprint density at radius 3 is 2.44 bits per heavy atom. The van der Waals surface area contributed by atoms with Crippen LogP contribution in [0.2, 0.25) is 0 Å². The molecule has 4 atom stereocenters. The number of piperidine rings is 1. The standard InChI is InChI=1S/C31H49N3O2/c1-23-11-9-10-14-27(23)30(26-12-7-6-8-13-26)33-19-20-34(28(22-33)31(3,4)5)29(36)21-25-15-17-32(18-16-25)24(2)35/h7,9-10,12-14,23-25,28,30,35H,6,8,11,15-22H2,1-5H3. The molecule has 2 saturated heterocycles. The average molecular weight is 496 g/mol. The quantitative estimate of drug-likeness (QED) is 0.553. The lowest BCUT2D eigenvalue weighted by Gasteiger charge is -2.50. The average Bonchev–Trinajstić information content (AvgIpc) is 2.86. The molecule has 2 fully saturated rings. The highest BCUT2D eigenvalue weighted by molar-refractivity contribution is 5.77. The molecular formula is C31H49N3O2. The Hall–Kier alpha value is -1.69. The second kappa shape index (κ2) is 11.8. The molecule has 0 aromatic carbocycles. The van der Waals surface area contributed by atoms with Crippen molar-refractivity contribution in [1.29, 1.82) is 0 Å². The zero-order valence-corrected chi connectivity index (χ0v) is 23.3. The van der Waals surface area contributed by atoms with Crippen LogP contribution in [0.5, 0.6) is 0 Å². The first-order chi connectivity index (χ1) is 17.1. The Morgan fingerprint density at radius 1 is 1.08 bits per heavy atom. The van der Waals surface area contributed by atoms with Crippen LogP contribution >= 0.6 is 0 Å². The molecule has 5 heteroatoms. The number of allylic oxidation sites excluding steroid dienone is 5. The molecule has 4 rings (SSSR count). The van der Waals surface area contributed by atoms with E-state index in [4.69, 9.17) is 0 Å². The van der Waals surface area contributed by atoms with Crippen LogP contribution in [0.25, 0.3) is 0 Å². The van der Waals surface area contributed by atoms with E-state index in [1.807, 2.05) is 6.92 Å². The minimum Gasteiger partial charge on any atom is -0.379 e. The van der Waals surface area contributed by atoms with E-state index in [-0.39, 0.29) is 17.7 Å². The zero-order chi connectivity index (χ0) is 25.9. The van der Waals surface area contributed by atoms with Gasteiger partial charge in [0, 0.05) is 45.2 Å². The number of aliphatic hydroxyl groups is 1. The fraction of sp³-hybridized carbons (Fsp3) is 0.710. The summed E-state index contributed by atoms with van der Waals surface area (Å²) in [4.78, 5) is 20.7. The summed E-state index contributed by atoms with van der Waals surface area (Å²) < 4.78 is 0. The van der Waals surface area contributed by atoms with Crippen molar-refractivity contribution < 1.29 is 9.90 Å².